The van der Waals surface area contributed by atoms with E-state index in [9.17, 15) is 4.79 Å². The number of carbonyl (C=O) groups excluding carboxylic acids is 1. The third-order valence-corrected chi connectivity index (χ3v) is 3.96. The first-order chi connectivity index (χ1) is 12.2. The van der Waals surface area contributed by atoms with Gasteiger partial charge in [0.05, 0.1) is 6.42 Å². The van der Waals surface area contributed by atoms with Gasteiger partial charge in [-0.05, 0) is 34.9 Å². The average molecular weight is 333 g/mol. The first kappa shape index (κ1) is 15.1. The largest absolute Gasteiger partial charge is 0.346 e. The number of carbonyl (C=O) groups is 1. The first-order valence-corrected chi connectivity index (χ1v) is 7.81. The lowest BCUT2D eigenvalue weighted by molar-refractivity contribution is -0.115. The zero-order valence-corrected chi connectivity index (χ0v) is 13.5. The molecule has 4 rings (SSSR count). The van der Waals surface area contributed by atoms with E-state index in [1.165, 1.54) is 0 Å². The fourth-order valence-corrected chi connectivity index (χ4v) is 2.68. The van der Waals surface area contributed by atoms with Gasteiger partial charge in [-0.2, -0.15) is 0 Å². The first-order valence-electron chi connectivity index (χ1n) is 7.81. The van der Waals surface area contributed by atoms with E-state index in [1.807, 2.05) is 43.3 Å². The Kier molecular flexibility index (Phi) is 3.74. The van der Waals surface area contributed by atoms with Crippen LogP contribution < -0.4 is 5.32 Å². The second kappa shape index (κ2) is 6.20. The van der Waals surface area contributed by atoms with E-state index in [-0.39, 0.29) is 12.3 Å². The molecule has 2 N–H and O–H groups in total. The number of fused-ring (bicyclic) bond motifs is 1. The van der Waals surface area contributed by atoms with E-state index in [1.54, 1.807) is 12.4 Å². The van der Waals surface area contributed by atoms with Gasteiger partial charge in [-0.15, -0.1) is 0 Å². The van der Waals surface area contributed by atoms with Crippen molar-refractivity contribution in [3.63, 3.8) is 0 Å². The summed E-state index contributed by atoms with van der Waals surface area (Å²) in [6, 6.07) is 11.5. The van der Waals surface area contributed by atoms with E-state index in [0.29, 0.717) is 11.5 Å². The number of hydrogen-bond donors (Lipinski definition) is 2. The molecule has 0 aliphatic rings. The minimum atomic E-state index is -0.200. The molecule has 3 aromatic heterocycles. The number of benzene rings is 1. The van der Waals surface area contributed by atoms with Crippen LogP contribution in [0.25, 0.3) is 22.3 Å². The molecule has 0 spiro atoms. The number of nitrogens with zero attached hydrogens (tertiary/aromatic N) is 3. The Morgan fingerprint density at radius 2 is 2.04 bits per heavy atom. The maximum Gasteiger partial charge on any atom is 0.230 e. The SMILES string of the molecule is Cc1ccc(-c2nonc2NC(=O)Cc2c[nH]c3ncccc23)cc1. The van der Waals surface area contributed by atoms with Gasteiger partial charge in [0.25, 0.3) is 0 Å². The molecule has 0 aliphatic heterocycles. The van der Waals surface area contributed by atoms with Crippen LogP contribution in [0.3, 0.4) is 0 Å². The van der Waals surface area contributed by atoms with Crippen LogP contribution in [-0.4, -0.2) is 26.2 Å². The van der Waals surface area contributed by atoms with E-state index >= 15 is 0 Å². The molecule has 0 bridgehead atoms. The topological polar surface area (TPSA) is 96.7 Å². The van der Waals surface area contributed by atoms with Gasteiger partial charge in [0, 0.05) is 23.3 Å². The third-order valence-electron chi connectivity index (χ3n) is 3.96. The van der Waals surface area contributed by atoms with Gasteiger partial charge in [-0.25, -0.2) is 9.61 Å². The highest BCUT2D eigenvalue weighted by atomic mass is 16.6. The summed E-state index contributed by atoms with van der Waals surface area (Å²) >= 11 is 0. The van der Waals surface area contributed by atoms with Crippen molar-refractivity contribution in [1.29, 1.82) is 0 Å². The molecule has 7 heteroatoms. The van der Waals surface area contributed by atoms with Crippen LogP contribution in [0.2, 0.25) is 0 Å². The van der Waals surface area contributed by atoms with Gasteiger partial charge in [-0.3, -0.25) is 4.79 Å². The molecule has 0 fully saturated rings. The number of pyridine rings is 1. The molecule has 7 nitrogen and oxygen atoms in total. The van der Waals surface area contributed by atoms with Crippen molar-refractivity contribution < 1.29 is 9.42 Å². The van der Waals surface area contributed by atoms with E-state index < -0.39 is 0 Å². The highest BCUT2D eigenvalue weighted by Crippen LogP contribution is 2.25. The van der Waals surface area contributed by atoms with Crippen LogP contribution in [0.1, 0.15) is 11.1 Å². The van der Waals surface area contributed by atoms with Gasteiger partial charge in [0.2, 0.25) is 11.7 Å². The summed E-state index contributed by atoms with van der Waals surface area (Å²) in [6.07, 6.45) is 3.70. The van der Waals surface area contributed by atoms with Crippen molar-refractivity contribution in [2.75, 3.05) is 5.32 Å². The van der Waals surface area contributed by atoms with Crippen LogP contribution >= 0.6 is 0 Å². The molecule has 124 valence electrons. The molecule has 1 amide bonds. The lowest BCUT2D eigenvalue weighted by Crippen LogP contribution is -2.15. The number of hydrogen-bond acceptors (Lipinski definition) is 5. The molecule has 0 radical (unpaired) electrons. The van der Waals surface area contributed by atoms with Gasteiger partial charge in [-0.1, -0.05) is 29.8 Å². The molecule has 0 atom stereocenters. The lowest BCUT2D eigenvalue weighted by atomic mass is 10.1. The summed E-state index contributed by atoms with van der Waals surface area (Å²) in [7, 11) is 0. The average Bonchev–Trinajstić information content (AvgIpc) is 3.23. The molecular formula is C18H15N5O2. The van der Waals surface area contributed by atoms with Crippen LogP contribution in [0.15, 0.2) is 53.4 Å². The Balaban J connectivity index is 1.54. The Labute approximate surface area is 143 Å². The maximum atomic E-state index is 12.4. The molecule has 25 heavy (non-hydrogen) atoms. The number of nitrogens with one attached hydrogen (secondary N) is 2. The monoisotopic (exact) mass is 333 g/mol. The zero-order chi connectivity index (χ0) is 17.2. The number of rotatable bonds is 4. The third kappa shape index (κ3) is 2.99. The Bertz CT molecular complexity index is 1030. The molecule has 3 heterocycles. The molecule has 0 saturated heterocycles. The Morgan fingerprint density at radius 1 is 1.20 bits per heavy atom. The molecule has 4 aromatic rings. The summed E-state index contributed by atoms with van der Waals surface area (Å²) in [5.41, 5.74) is 4.11. The van der Waals surface area contributed by atoms with Crippen molar-refractivity contribution >= 4 is 22.8 Å². The molecule has 0 unspecified atom stereocenters. The Hall–Kier alpha value is -3.48. The van der Waals surface area contributed by atoms with Crippen LogP contribution in [-0.2, 0) is 11.2 Å². The van der Waals surface area contributed by atoms with Gasteiger partial charge >= 0.3 is 0 Å². The summed E-state index contributed by atoms with van der Waals surface area (Å²) in [5, 5.41) is 11.4. The van der Waals surface area contributed by atoms with Gasteiger partial charge < -0.3 is 10.3 Å². The van der Waals surface area contributed by atoms with E-state index in [4.69, 9.17) is 4.63 Å². The standard InChI is InChI=1S/C18H15N5O2/c1-11-4-6-12(7-5-11)16-18(23-25-22-16)21-15(24)9-13-10-20-17-14(13)3-2-8-19-17/h2-8,10H,9H2,1H3,(H,19,20)(H,21,23,24). The molecule has 0 saturated carbocycles. The highest BCUT2D eigenvalue weighted by molar-refractivity contribution is 5.96. The summed E-state index contributed by atoms with van der Waals surface area (Å²) < 4.78 is 4.81. The quantitative estimate of drug-likeness (QED) is 0.598. The zero-order valence-electron chi connectivity index (χ0n) is 13.5. The summed E-state index contributed by atoms with van der Waals surface area (Å²) in [5.74, 6) is 0.112. The number of H-pyrrole nitrogens is 1. The second-order valence-electron chi connectivity index (χ2n) is 5.77. The number of aryl methyl sites for hydroxylation is 1. The predicted octanol–water partition coefficient (Wildman–Crippen LogP) is 3.10. The van der Waals surface area contributed by atoms with Crippen LogP contribution in [0.5, 0.6) is 0 Å². The minimum absolute atomic E-state index is 0.200. The van der Waals surface area contributed by atoms with Crippen LogP contribution in [0, 0.1) is 6.92 Å². The van der Waals surface area contributed by atoms with Crippen molar-refractivity contribution in [2.24, 2.45) is 0 Å². The Morgan fingerprint density at radius 3 is 2.88 bits per heavy atom. The molecular weight excluding hydrogens is 318 g/mol. The van der Waals surface area contributed by atoms with Crippen molar-refractivity contribution in [2.45, 2.75) is 13.3 Å². The summed E-state index contributed by atoms with van der Waals surface area (Å²) in [6.45, 7) is 2.00. The minimum Gasteiger partial charge on any atom is -0.346 e. The molecule has 1 aromatic carbocycles. The van der Waals surface area contributed by atoms with Crippen LogP contribution in [0.4, 0.5) is 5.82 Å². The van der Waals surface area contributed by atoms with Gasteiger partial charge in [0.15, 0.2) is 5.69 Å². The summed E-state index contributed by atoms with van der Waals surface area (Å²) in [4.78, 5) is 19.7. The smallest absolute Gasteiger partial charge is 0.230 e. The number of aromatic amines is 1. The maximum absolute atomic E-state index is 12.4. The van der Waals surface area contributed by atoms with Crippen molar-refractivity contribution in [3.8, 4) is 11.3 Å². The van der Waals surface area contributed by atoms with E-state index in [0.717, 1.165) is 27.7 Å². The highest BCUT2D eigenvalue weighted by Gasteiger charge is 2.16. The van der Waals surface area contributed by atoms with Crippen molar-refractivity contribution in [3.05, 3.63) is 59.9 Å². The lowest BCUT2D eigenvalue weighted by Gasteiger charge is -2.03. The van der Waals surface area contributed by atoms with Crippen molar-refractivity contribution in [1.82, 2.24) is 20.3 Å². The number of anilines is 1. The number of aromatic nitrogens is 4. The second-order valence-corrected chi connectivity index (χ2v) is 5.77. The normalized spacial score (nSPS) is 10.9. The molecule has 0 aliphatic carbocycles. The van der Waals surface area contributed by atoms with Gasteiger partial charge in [0.1, 0.15) is 5.65 Å². The predicted molar refractivity (Wildman–Crippen MR) is 92.9 cm³/mol. The number of amides is 1. The fourth-order valence-electron chi connectivity index (χ4n) is 2.68. The fraction of sp³-hybridized carbons (Fsp3) is 0.111. The van der Waals surface area contributed by atoms with E-state index in [2.05, 4.69) is 25.6 Å².